The maximum Gasteiger partial charge on any atom is 0.243 e. The van der Waals surface area contributed by atoms with Crippen LogP contribution in [0.4, 0.5) is 10.2 Å². The largest absolute Gasteiger partial charge is 0.394 e. The van der Waals surface area contributed by atoms with E-state index in [9.17, 15) is 9.18 Å². The summed E-state index contributed by atoms with van der Waals surface area (Å²) in [7, 11) is 1.78. The summed E-state index contributed by atoms with van der Waals surface area (Å²) < 4.78 is 13.2. The summed E-state index contributed by atoms with van der Waals surface area (Å²) in [5.41, 5.74) is 3.43. The number of nitrogens with one attached hydrogen (secondary N) is 3. The number of benzene rings is 1. The number of hydrogen-bond donors (Lipinski definition) is 4. The van der Waals surface area contributed by atoms with E-state index in [1.54, 1.807) is 43.1 Å². The second-order valence-corrected chi connectivity index (χ2v) is 7.12. The molecule has 1 aromatic heterocycles. The Hall–Kier alpha value is -3.26. The summed E-state index contributed by atoms with van der Waals surface area (Å²) in [6, 6.07) is 10.1. The number of unbranched alkanes of at least 4 members (excludes halogenated alkanes) is 4. The van der Waals surface area contributed by atoms with Crippen molar-refractivity contribution in [2.45, 2.75) is 38.5 Å². The Labute approximate surface area is 182 Å². The second kappa shape index (κ2) is 13.1. The van der Waals surface area contributed by atoms with Crippen LogP contribution in [0.25, 0.3) is 11.1 Å². The zero-order valence-corrected chi connectivity index (χ0v) is 17.8. The molecule has 7 nitrogen and oxygen atoms in total. The maximum atomic E-state index is 13.2. The van der Waals surface area contributed by atoms with E-state index in [1.807, 2.05) is 17.0 Å². The lowest BCUT2D eigenvalue weighted by Crippen LogP contribution is -2.31. The van der Waals surface area contributed by atoms with Gasteiger partial charge in [-0.15, -0.1) is 0 Å². The number of hydrogen-bond acceptors (Lipinski definition) is 5. The van der Waals surface area contributed by atoms with Gasteiger partial charge in [0, 0.05) is 26.2 Å². The normalized spacial score (nSPS) is 10.8. The highest BCUT2D eigenvalue weighted by molar-refractivity contribution is 6.03. The maximum absolute atomic E-state index is 13.2. The van der Waals surface area contributed by atoms with E-state index >= 15 is 0 Å². The van der Waals surface area contributed by atoms with Gasteiger partial charge in [0.2, 0.25) is 5.91 Å². The number of pyridine rings is 1. The molecular formula is C23H30FN5O2. The summed E-state index contributed by atoms with van der Waals surface area (Å²) in [5.74, 6) is 0.337. The minimum Gasteiger partial charge on any atom is -0.394 e. The molecule has 4 N–H and O–H groups in total. The fourth-order valence-corrected chi connectivity index (χ4v) is 3.14. The third-order valence-corrected chi connectivity index (χ3v) is 4.81. The summed E-state index contributed by atoms with van der Waals surface area (Å²) in [5, 5.41) is 19.8. The number of amides is 1. The van der Waals surface area contributed by atoms with Gasteiger partial charge in [-0.3, -0.25) is 15.4 Å². The van der Waals surface area contributed by atoms with Crippen molar-refractivity contribution >= 4 is 17.6 Å². The van der Waals surface area contributed by atoms with Gasteiger partial charge in [-0.1, -0.05) is 31.4 Å². The standard InChI is InChI=1S/C23H30FN5O2/c1-26-14-13-21(25)29(16-6-4-2-3-5-7-23(30)28-31)22-17-19(12-15-27-22)18-8-10-20(24)11-9-18/h8-15,17,25-26,31H,2-7,16H2,1H3,(H,28,30)/b14-13-,25-21?. The topological polar surface area (TPSA) is 101 Å². The molecule has 0 aliphatic carbocycles. The lowest BCUT2D eigenvalue weighted by molar-refractivity contribution is -0.129. The quantitative estimate of drug-likeness (QED) is 0.133. The van der Waals surface area contributed by atoms with Crippen molar-refractivity contribution in [2.24, 2.45) is 0 Å². The number of carbonyl (C=O) groups excluding carboxylic acids is 1. The van der Waals surface area contributed by atoms with Gasteiger partial charge in [0.1, 0.15) is 17.5 Å². The van der Waals surface area contributed by atoms with E-state index in [0.717, 1.165) is 43.2 Å². The third kappa shape index (κ3) is 8.18. The first-order chi connectivity index (χ1) is 15.0. The van der Waals surface area contributed by atoms with E-state index in [2.05, 4.69) is 10.3 Å². The van der Waals surface area contributed by atoms with Crippen molar-refractivity contribution in [3.8, 4) is 11.1 Å². The molecule has 1 heterocycles. The van der Waals surface area contributed by atoms with E-state index in [-0.39, 0.29) is 11.7 Å². The molecule has 1 amide bonds. The molecule has 0 atom stereocenters. The Balaban J connectivity index is 2.02. The molecule has 0 aliphatic rings. The van der Waals surface area contributed by atoms with Crippen LogP contribution < -0.4 is 15.7 Å². The Bertz CT molecular complexity index is 871. The highest BCUT2D eigenvalue weighted by atomic mass is 19.1. The van der Waals surface area contributed by atoms with Crippen LogP contribution in [0, 0.1) is 11.2 Å². The minimum absolute atomic E-state index is 0.282. The molecule has 0 saturated carbocycles. The van der Waals surface area contributed by atoms with Crippen LogP contribution in [-0.4, -0.2) is 35.5 Å². The van der Waals surface area contributed by atoms with E-state index < -0.39 is 0 Å². The highest BCUT2D eigenvalue weighted by Crippen LogP contribution is 2.24. The van der Waals surface area contributed by atoms with Crippen LogP contribution >= 0.6 is 0 Å². The summed E-state index contributed by atoms with van der Waals surface area (Å²) in [6.07, 6.45) is 9.83. The molecule has 31 heavy (non-hydrogen) atoms. The number of halogens is 1. The number of amidine groups is 1. The van der Waals surface area contributed by atoms with Crippen LogP contribution in [-0.2, 0) is 4.79 Å². The van der Waals surface area contributed by atoms with Gasteiger partial charge >= 0.3 is 0 Å². The van der Waals surface area contributed by atoms with Gasteiger partial charge in [-0.05, 0) is 60.5 Å². The average molecular weight is 428 g/mol. The van der Waals surface area contributed by atoms with E-state index in [1.165, 1.54) is 12.1 Å². The lowest BCUT2D eigenvalue weighted by atomic mass is 10.1. The van der Waals surface area contributed by atoms with Crippen molar-refractivity contribution in [1.29, 1.82) is 5.41 Å². The fraction of sp³-hybridized carbons (Fsp3) is 0.348. The molecule has 0 saturated heterocycles. The van der Waals surface area contributed by atoms with Gasteiger partial charge in [0.05, 0.1) is 0 Å². The Morgan fingerprint density at radius 3 is 2.55 bits per heavy atom. The molecule has 0 radical (unpaired) electrons. The zero-order chi connectivity index (χ0) is 22.5. The first kappa shape index (κ1) is 24.0. The van der Waals surface area contributed by atoms with Crippen molar-refractivity contribution in [3.05, 3.63) is 60.7 Å². The molecule has 2 aromatic rings. The van der Waals surface area contributed by atoms with Gasteiger partial charge in [0.15, 0.2) is 0 Å². The van der Waals surface area contributed by atoms with E-state index in [0.29, 0.717) is 24.6 Å². The number of nitrogens with zero attached hydrogens (tertiary/aromatic N) is 2. The first-order valence-corrected chi connectivity index (χ1v) is 10.4. The predicted octanol–water partition coefficient (Wildman–Crippen LogP) is 4.25. The lowest BCUT2D eigenvalue weighted by Gasteiger charge is -2.23. The van der Waals surface area contributed by atoms with Crippen molar-refractivity contribution in [2.75, 3.05) is 18.5 Å². The average Bonchev–Trinajstić information content (AvgIpc) is 2.79. The van der Waals surface area contributed by atoms with E-state index in [4.69, 9.17) is 10.6 Å². The van der Waals surface area contributed by atoms with Crippen molar-refractivity contribution in [1.82, 2.24) is 15.8 Å². The minimum atomic E-state index is -0.358. The zero-order valence-electron chi connectivity index (χ0n) is 17.8. The monoisotopic (exact) mass is 427 g/mol. The third-order valence-electron chi connectivity index (χ3n) is 4.81. The smallest absolute Gasteiger partial charge is 0.243 e. The predicted molar refractivity (Wildman–Crippen MR) is 121 cm³/mol. The Kier molecular flexibility index (Phi) is 10.2. The number of carbonyl (C=O) groups is 1. The Morgan fingerprint density at radius 1 is 1.13 bits per heavy atom. The molecule has 1 aromatic carbocycles. The van der Waals surface area contributed by atoms with Crippen LogP contribution in [0.3, 0.4) is 0 Å². The molecule has 0 unspecified atom stereocenters. The summed E-state index contributed by atoms with van der Waals surface area (Å²) >= 11 is 0. The molecular weight excluding hydrogens is 397 g/mol. The summed E-state index contributed by atoms with van der Waals surface area (Å²) in [4.78, 5) is 17.3. The molecule has 0 spiro atoms. The van der Waals surface area contributed by atoms with Gasteiger partial charge in [-0.2, -0.15) is 0 Å². The number of hydroxylamine groups is 1. The molecule has 8 heteroatoms. The highest BCUT2D eigenvalue weighted by Gasteiger charge is 2.13. The van der Waals surface area contributed by atoms with Gasteiger partial charge in [-0.25, -0.2) is 14.9 Å². The first-order valence-electron chi connectivity index (χ1n) is 10.4. The van der Waals surface area contributed by atoms with Gasteiger partial charge < -0.3 is 10.2 Å². The fourth-order valence-electron chi connectivity index (χ4n) is 3.14. The molecule has 0 bridgehead atoms. The molecule has 0 aliphatic heterocycles. The SMILES string of the molecule is CN/C=C\C(=N)N(CCCCCCCC(=O)NO)c1cc(-c2ccc(F)cc2)ccn1. The number of aromatic nitrogens is 1. The van der Waals surface area contributed by atoms with Crippen LogP contribution in [0.5, 0.6) is 0 Å². The second-order valence-electron chi connectivity index (χ2n) is 7.12. The summed E-state index contributed by atoms with van der Waals surface area (Å²) in [6.45, 7) is 0.629. The number of anilines is 1. The van der Waals surface area contributed by atoms with Crippen LogP contribution in [0.15, 0.2) is 54.9 Å². The molecule has 2 rings (SSSR count). The molecule has 166 valence electrons. The van der Waals surface area contributed by atoms with Crippen LogP contribution in [0.2, 0.25) is 0 Å². The van der Waals surface area contributed by atoms with Gasteiger partial charge in [0.25, 0.3) is 0 Å². The number of rotatable bonds is 12. The van der Waals surface area contributed by atoms with Crippen molar-refractivity contribution in [3.63, 3.8) is 0 Å². The Morgan fingerprint density at radius 2 is 1.84 bits per heavy atom. The molecule has 0 fully saturated rings. The van der Waals surface area contributed by atoms with Crippen LogP contribution in [0.1, 0.15) is 38.5 Å². The van der Waals surface area contributed by atoms with Crippen molar-refractivity contribution < 1.29 is 14.4 Å².